The third kappa shape index (κ3) is 5.27. The summed E-state index contributed by atoms with van der Waals surface area (Å²) in [5.74, 6) is 1.44. The maximum atomic E-state index is 12.4. The first-order valence-electron chi connectivity index (χ1n) is 13.0. The van der Waals surface area contributed by atoms with Gasteiger partial charge in [-0.1, -0.05) is 42.5 Å². The molecule has 10 heteroatoms. The molecule has 0 bridgehead atoms. The predicted molar refractivity (Wildman–Crippen MR) is 146 cm³/mol. The van der Waals surface area contributed by atoms with Crippen molar-refractivity contribution < 1.29 is 13.5 Å². The minimum absolute atomic E-state index is 0.0518. The number of benzene rings is 1. The quantitative estimate of drug-likeness (QED) is 0.278. The van der Waals surface area contributed by atoms with E-state index in [-0.39, 0.29) is 12.0 Å². The Balaban J connectivity index is 1.08. The lowest BCUT2D eigenvalue weighted by Crippen LogP contribution is -2.38. The van der Waals surface area contributed by atoms with Crippen molar-refractivity contribution in [2.24, 2.45) is 5.92 Å². The summed E-state index contributed by atoms with van der Waals surface area (Å²) in [6.45, 7) is 8.00. The highest BCUT2D eigenvalue weighted by molar-refractivity contribution is 7.86. The van der Waals surface area contributed by atoms with Gasteiger partial charge >= 0.3 is 6.01 Å². The van der Waals surface area contributed by atoms with Crippen LogP contribution in [-0.4, -0.2) is 48.8 Å². The summed E-state index contributed by atoms with van der Waals surface area (Å²) in [7, 11) is -0.887. The van der Waals surface area contributed by atoms with E-state index in [0.717, 1.165) is 71.1 Å². The predicted octanol–water partition coefficient (Wildman–Crippen LogP) is 5.82. The number of anilines is 1. The molecule has 0 radical (unpaired) electrons. The Bertz CT molecular complexity index is 1410. The molecule has 4 heterocycles. The van der Waals surface area contributed by atoms with Gasteiger partial charge < -0.3 is 14.2 Å². The summed E-state index contributed by atoms with van der Waals surface area (Å²) in [5.41, 5.74) is 2.74. The van der Waals surface area contributed by atoms with Crippen LogP contribution in [0.1, 0.15) is 58.2 Å². The highest BCUT2D eigenvalue weighted by Gasteiger charge is 2.30. The number of piperidine rings is 1. The first-order valence-corrected chi connectivity index (χ1v) is 15.0. The van der Waals surface area contributed by atoms with Crippen LogP contribution in [-0.2, 0) is 10.8 Å². The van der Waals surface area contributed by atoms with Crippen LogP contribution < -0.4 is 9.64 Å². The lowest BCUT2D eigenvalue weighted by molar-refractivity contribution is 0.131. The minimum atomic E-state index is -0.887. The van der Waals surface area contributed by atoms with Crippen molar-refractivity contribution in [1.29, 1.82) is 0 Å². The van der Waals surface area contributed by atoms with Gasteiger partial charge in [0.1, 0.15) is 16.5 Å². The van der Waals surface area contributed by atoms with E-state index >= 15 is 0 Å². The highest BCUT2D eigenvalue weighted by Crippen LogP contribution is 2.34. The summed E-state index contributed by atoms with van der Waals surface area (Å²) in [4.78, 5) is 18.0. The SMILES string of the molecule is CC(C)c1noc(N2CCC(C(C)Oc3nc4ccc(-c5ccc(S(=O)C6CC6)cc5)nc4s3)CC2)n1. The third-order valence-corrected chi connectivity index (χ3v) is 9.82. The molecule has 194 valence electrons. The maximum Gasteiger partial charge on any atom is 0.324 e. The summed E-state index contributed by atoms with van der Waals surface area (Å²) < 4.78 is 24.2. The van der Waals surface area contributed by atoms with Gasteiger partial charge in [0, 0.05) is 34.7 Å². The fourth-order valence-corrected chi connectivity index (χ4v) is 6.87. The first-order chi connectivity index (χ1) is 17.9. The van der Waals surface area contributed by atoms with Gasteiger partial charge in [-0.15, -0.1) is 0 Å². The Labute approximate surface area is 222 Å². The smallest absolute Gasteiger partial charge is 0.324 e. The second kappa shape index (κ2) is 10.1. The average molecular weight is 538 g/mol. The number of nitrogens with zero attached hydrogens (tertiary/aromatic N) is 5. The van der Waals surface area contributed by atoms with Crippen LogP contribution in [0.3, 0.4) is 0 Å². The standard InChI is InChI=1S/C27H31N5O3S2/c1-16(2)24-30-26(35-31-24)32-14-12-18(13-15-32)17(3)34-27-29-23-11-10-22(28-25(23)36-27)19-4-6-20(7-5-19)37(33)21-8-9-21/h4-7,10-11,16-18,21H,8-9,12-15H2,1-3H3. The summed E-state index contributed by atoms with van der Waals surface area (Å²) in [5, 5.41) is 5.09. The van der Waals surface area contributed by atoms with E-state index < -0.39 is 10.8 Å². The van der Waals surface area contributed by atoms with Crippen LogP contribution in [0.5, 0.6) is 5.19 Å². The van der Waals surface area contributed by atoms with Crippen molar-refractivity contribution in [2.75, 3.05) is 18.0 Å². The molecule has 4 aromatic rings. The average Bonchev–Trinajstić information content (AvgIpc) is 3.50. The molecule has 2 aliphatic rings. The van der Waals surface area contributed by atoms with Gasteiger partial charge in [0.2, 0.25) is 0 Å². The molecule has 3 aromatic heterocycles. The maximum absolute atomic E-state index is 12.4. The first kappa shape index (κ1) is 24.5. The van der Waals surface area contributed by atoms with Crippen LogP contribution in [0.25, 0.3) is 21.6 Å². The number of hydrogen-bond donors (Lipinski definition) is 0. The van der Waals surface area contributed by atoms with E-state index in [4.69, 9.17) is 14.2 Å². The lowest BCUT2D eigenvalue weighted by Gasteiger charge is -2.33. The molecule has 6 rings (SSSR count). The molecule has 2 unspecified atom stereocenters. The largest absolute Gasteiger partial charge is 0.467 e. The van der Waals surface area contributed by atoms with Gasteiger partial charge in [0.25, 0.3) is 5.19 Å². The Morgan fingerprint density at radius 3 is 2.43 bits per heavy atom. The normalized spacial score (nSPS) is 18.4. The van der Waals surface area contributed by atoms with Crippen LogP contribution in [0, 0.1) is 5.92 Å². The van der Waals surface area contributed by atoms with Crippen molar-refractivity contribution >= 4 is 38.5 Å². The van der Waals surface area contributed by atoms with Crippen LogP contribution >= 0.6 is 11.3 Å². The van der Waals surface area contributed by atoms with Crippen molar-refractivity contribution in [2.45, 2.75) is 68.6 Å². The zero-order valence-electron chi connectivity index (χ0n) is 21.3. The molecule has 0 amide bonds. The zero-order chi connectivity index (χ0) is 25.5. The summed E-state index contributed by atoms with van der Waals surface area (Å²) in [6, 6.07) is 12.5. The minimum Gasteiger partial charge on any atom is -0.467 e. The molecular weight excluding hydrogens is 506 g/mol. The van der Waals surface area contributed by atoms with Gasteiger partial charge in [0.05, 0.1) is 16.5 Å². The Morgan fingerprint density at radius 2 is 1.76 bits per heavy atom. The molecule has 2 fully saturated rings. The van der Waals surface area contributed by atoms with Gasteiger partial charge in [0.15, 0.2) is 5.82 Å². The number of ether oxygens (including phenoxy) is 1. The van der Waals surface area contributed by atoms with Crippen molar-refractivity contribution in [1.82, 2.24) is 20.1 Å². The van der Waals surface area contributed by atoms with E-state index in [1.165, 1.54) is 11.3 Å². The molecule has 0 N–H and O–H groups in total. The molecule has 0 spiro atoms. The molecule has 1 saturated carbocycles. The molecule has 1 aliphatic heterocycles. The van der Waals surface area contributed by atoms with Crippen molar-refractivity contribution in [3.05, 3.63) is 42.2 Å². The third-order valence-electron chi connectivity index (χ3n) is 7.15. The van der Waals surface area contributed by atoms with Crippen molar-refractivity contribution in [3.8, 4) is 16.5 Å². The summed E-state index contributed by atoms with van der Waals surface area (Å²) in [6.07, 6.45) is 4.18. The van der Waals surface area contributed by atoms with Gasteiger partial charge in [-0.05, 0) is 62.8 Å². The zero-order valence-corrected chi connectivity index (χ0v) is 22.9. The fourth-order valence-electron chi connectivity index (χ4n) is 4.65. The molecule has 8 nitrogen and oxygen atoms in total. The van der Waals surface area contributed by atoms with Crippen molar-refractivity contribution in [3.63, 3.8) is 0 Å². The summed E-state index contributed by atoms with van der Waals surface area (Å²) >= 11 is 1.48. The molecule has 37 heavy (non-hydrogen) atoms. The highest BCUT2D eigenvalue weighted by atomic mass is 32.2. The van der Waals surface area contributed by atoms with Crippen LogP contribution in [0.15, 0.2) is 45.8 Å². The van der Waals surface area contributed by atoms with Gasteiger partial charge in [-0.25, -0.2) is 9.97 Å². The van der Waals surface area contributed by atoms with E-state index in [2.05, 4.69) is 40.8 Å². The number of aromatic nitrogens is 4. The van der Waals surface area contributed by atoms with E-state index in [1.807, 2.05) is 36.4 Å². The second-order valence-electron chi connectivity index (χ2n) is 10.3. The molecule has 1 aromatic carbocycles. The van der Waals surface area contributed by atoms with Gasteiger partial charge in [-0.3, -0.25) is 4.21 Å². The number of hydrogen-bond acceptors (Lipinski definition) is 9. The van der Waals surface area contributed by atoms with Gasteiger partial charge in [-0.2, -0.15) is 4.98 Å². The van der Waals surface area contributed by atoms with E-state index in [0.29, 0.717) is 22.4 Å². The number of rotatable bonds is 8. The number of pyridine rings is 1. The molecule has 1 saturated heterocycles. The lowest BCUT2D eigenvalue weighted by atomic mass is 9.92. The Morgan fingerprint density at radius 1 is 1.00 bits per heavy atom. The van der Waals surface area contributed by atoms with E-state index in [9.17, 15) is 4.21 Å². The Kier molecular flexibility index (Phi) is 6.71. The van der Waals surface area contributed by atoms with Crippen LogP contribution in [0.2, 0.25) is 0 Å². The number of fused-ring (bicyclic) bond motifs is 1. The molecule has 1 aliphatic carbocycles. The molecular formula is C27H31N5O3S2. The fraction of sp³-hybridized carbons (Fsp3) is 0.481. The van der Waals surface area contributed by atoms with E-state index in [1.54, 1.807) is 0 Å². The topological polar surface area (TPSA) is 94.2 Å². The monoisotopic (exact) mass is 537 g/mol. The number of thiazole rings is 1. The second-order valence-corrected chi connectivity index (χ2v) is 12.9. The van der Waals surface area contributed by atoms with Crippen LogP contribution in [0.4, 0.5) is 6.01 Å². The molecule has 2 atom stereocenters. The Hall–Kier alpha value is -2.85.